The Morgan fingerprint density at radius 3 is 2.73 bits per heavy atom. The predicted molar refractivity (Wildman–Crippen MR) is 110 cm³/mol. The van der Waals surface area contributed by atoms with E-state index >= 15 is 0 Å². The number of benzene rings is 1. The molecule has 2 fully saturated rings. The van der Waals surface area contributed by atoms with Crippen LogP contribution in [0, 0.1) is 18.3 Å². The van der Waals surface area contributed by atoms with Crippen molar-refractivity contribution in [3.05, 3.63) is 71.8 Å². The maximum absolute atomic E-state index is 12.9. The van der Waals surface area contributed by atoms with Crippen molar-refractivity contribution in [2.75, 3.05) is 26.2 Å². The minimum Gasteiger partial charge on any atom is -0.459 e. The predicted octanol–water partition coefficient (Wildman–Crippen LogP) is 3.18. The second-order valence-corrected chi connectivity index (χ2v) is 8.59. The Morgan fingerprint density at radius 2 is 2.00 bits per heavy atom. The third kappa shape index (κ3) is 3.65. The molecule has 30 heavy (non-hydrogen) atoms. The lowest BCUT2D eigenvalue weighted by Crippen LogP contribution is -2.37. The quantitative estimate of drug-likeness (QED) is 0.626. The molecule has 7 heteroatoms. The molecule has 2 aliphatic rings. The molecule has 1 amide bonds. The Morgan fingerprint density at radius 1 is 1.13 bits per heavy atom. The molecule has 2 atom stereocenters. The van der Waals surface area contributed by atoms with E-state index in [0.717, 1.165) is 39.0 Å². The van der Waals surface area contributed by atoms with Crippen LogP contribution in [-0.4, -0.2) is 52.1 Å². The third-order valence-electron chi connectivity index (χ3n) is 6.53. The van der Waals surface area contributed by atoms with Gasteiger partial charge >= 0.3 is 0 Å². The molecule has 0 unspecified atom stereocenters. The van der Waals surface area contributed by atoms with Gasteiger partial charge in [0.15, 0.2) is 5.76 Å². The van der Waals surface area contributed by atoms with Crippen molar-refractivity contribution >= 4 is 5.91 Å². The molecule has 0 radical (unpaired) electrons. The minimum atomic E-state index is -0.00689. The average molecular weight is 406 g/mol. The van der Waals surface area contributed by atoms with Gasteiger partial charge in [-0.2, -0.15) is 0 Å². The van der Waals surface area contributed by atoms with Crippen molar-refractivity contribution in [2.45, 2.75) is 26.3 Å². The summed E-state index contributed by atoms with van der Waals surface area (Å²) in [6.45, 7) is 5.84. The minimum absolute atomic E-state index is 0.00689. The first-order chi connectivity index (χ1) is 14.6. The van der Waals surface area contributed by atoms with E-state index in [0.29, 0.717) is 30.0 Å². The van der Waals surface area contributed by atoms with Gasteiger partial charge in [-0.3, -0.25) is 9.69 Å². The summed E-state index contributed by atoms with van der Waals surface area (Å²) in [5.41, 5.74) is 1.40. The van der Waals surface area contributed by atoms with Gasteiger partial charge in [0.1, 0.15) is 0 Å². The number of carbonyl (C=O) groups is 1. The van der Waals surface area contributed by atoms with Crippen LogP contribution in [0.2, 0.25) is 0 Å². The number of fused-ring (bicyclic) bond motifs is 1. The first-order valence-corrected chi connectivity index (χ1v) is 10.5. The standard InChI is InChI=1S/C23H26N4O3/c1-17-24-25-21(30-17)14-26-12-19-13-27(22(28)20-8-5-11-29-20)16-23(19,15-26)10-9-18-6-3-2-4-7-18/h2-8,11,19H,9-10,12-16H2,1H3/t19-,23+/m0/s1. The molecule has 0 N–H and O–H groups in total. The first-order valence-electron chi connectivity index (χ1n) is 10.5. The molecule has 2 saturated heterocycles. The van der Waals surface area contributed by atoms with Crippen molar-refractivity contribution in [2.24, 2.45) is 11.3 Å². The maximum atomic E-state index is 12.9. The highest BCUT2D eigenvalue weighted by atomic mass is 16.4. The van der Waals surface area contributed by atoms with Crippen LogP contribution in [0.3, 0.4) is 0 Å². The van der Waals surface area contributed by atoms with Crippen LogP contribution in [0.15, 0.2) is 57.6 Å². The monoisotopic (exact) mass is 406 g/mol. The van der Waals surface area contributed by atoms with Gasteiger partial charge < -0.3 is 13.7 Å². The molecule has 0 bridgehead atoms. The molecular weight excluding hydrogens is 380 g/mol. The fourth-order valence-electron chi connectivity index (χ4n) is 5.11. The first kappa shape index (κ1) is 19.1. The number of nitrogens with zero attached hydrogens (tertiary/aromatic N) is 4. The van der Waals surface area contributed by atoms with Gasteiger partial charge in [-0.1, -0.05) is 30.3 Å². The molecule has 2 aromatic heterocycles. The van der Waals surface area contributed by atoms with Gasteiger partial charge in [-0.15, -0.1) is 10.2 Å². The number of rotatable bonds is 6. The summed E-state index contributed by atoms with van der Waals surface area (Å²) in [4.78, 5) is 17.3. The Kier molecular flexibility index (Phi) is 4.90. The van der Waals surface area contributed by atoms with E-state index in [-0.39, 0.29) is 11.3 Å². The number of furan rings is 1. The molecule has 3 aromatic rings. The van der Waals surface area contributed by atoms with Crippen molar-refractivity contribution < 1.29 is 13.6 Å². The second kappa shape index (κ2) is 7.72. The molecule has 0 saturated carbocycles. The van der Waals surface area contributed by atoms with Crippen LogP contribution in [0.5, 0.6) is 0 Å². The lowest BCUT2D eigenvalue weighted by Gasteiger charge is -2.29. The SMILES string of the molecule is Cc1nnc(CN2C[C@H]3CN(C(=O)c4ccco4)C[C@@]3(CCc3ccccc3)C2)o1. The van der Waals surface area contributed by atoms with Crippen molar-refractivity contribution in [3.63, 3.8) is 0 Å². The van der Waals surface area contributed by atoms with Crippen LogP contribution >= 0.6 is 0 Å². The van der Waals surface area contributed by atoms with Gasteiger partial charge in [0.2, 0.25) is 11.8 Å². The largest absolute Gasteiger partial charge is 0.459 e. The summed E-state index contributed by atoms with van der Waals surface area (Å²) in [5.74, 6) is 2.09. The fraction of sp³-hybridized carbons (Fsp3) is 0.435. The summed E-state index contributed by atoms with van der Waals surface area (Å²) < 4.78 is 11.0. The topological polar surface area (TPSA) is 75.6 Å². The van der Waals surface area contributed by atoms with Crippen LogP contribution < -0.4 is 0 Å². The molecular formula is C23H26N4O3. The summed E-state index contributed by atoms with van der Waals surface area (Å²) in [6, 6.07) is 14.1. The van der Waals surface area contributed by atoms with Crippen molar-refractivity contribution in [3.8, 4) is 0 Å². The highest BCUT2D eigenvalue weighted by molar-refractivity contribution is 5.91. The van der Waals surface area contributed by atoms with Gasteiger partial charge in [0.05, 0.1) is 12.8 Å². The van der Waals surface area contributed by atoms with E-state index in [2.05, 4.69) is 39.4 Å². The number of aromatic nitrogens is 2. The Hall–Kier alpha value is -2.93. The van der Waals surface area contributed by atoms with Crippen molar-refractivity contribution in [1.29, 1.82) is 0 Å². The van der Waals surface area contributed by atoms with Gasteiger partial charge in [-0.25, -0.2) is 0 Å². The molecule has 156 valence electrons. The van der Waals surface area contributed by atoms with Crippen LogP contribution in [0.1, 0.15) is 34.3 Å². The fourth-order valence-corrected chi connectivity index (χ4v) is 5.11. The van der Waals surface area contributed by atoms with E-state index in [9.17, 15) is 4.79 Å². The number of hydrogen-bond donors (Lipinski definition) is 0. The van der Waals surface area contributed by atoms with Crippen LogP contribution in [-0.2, 0) is 13.0 Å². The van der Waals surface area contributed by atoms with Gasteiger partial charge in [0.25, 0.3) is 5.91 Å². The molecule has 2 aliphatic heterocycles. The van der Waals surface area contributed by atoms with E-state index in [1.807, 2.05) is 17.9 Å². The second-order valence-electron chi connectivity index (χ2n) is 8.59. The molecule has 5 rings (SSSR count). The van der Waals surface area contributed by atoms with E-state index in [4.69, 9.17) is 8.83 Å². The summed E-state index contributed by atoms with van der Waals surface area (Å²) >= 11 is 0. The maximum Gasteiger partial charge on any atom is 0.289 e. The molecule has 1 aromatic carbocycles. The molecule has 4 heterocycles. The summed E-state index contributed by atoms with van der Waals surface area (Å²) in [6.07, 6.45) is 3.61. The zero-order valence-electron chi connectivity index (χ0n) is 17.2. The smallest absolute Gasteiger partial charge is 0.289 e. The van der Waals surface area contributed by atoms with Crippen LogP contribution in [0.25, 0.3) is 0 Å². The normalized spacial score (nSPS) is 23.8. The number of aryl methyl sites for hydroxylation is 2. The molecule has 7 nitrogen and oxygen atoms in total. The van der Waals surface area contributed by atoms with Crippen molar-refractivity contribution in [1.82, 2.24) is 20.0 Å². The lowest BCUT2D eigenvalue weighted by atomic mass is 9.76. The summed E-state index contributed by atoms with van der Waals surface area (Å²) in [5, 5.41) is 8.11. The molecule has 0 spiro atoms. The number of carbonyl (C=O) groups excluding carboxylic acids is 1. The van der Waals surface area contributed by atoms with Crippen LogP contribution in [0.4, 0.5) is 0 Å². The number of likely N-dealkylation sites (tertiary alicyclic amines) is 2. The lowest BCUT2D eigenvalue weighted by molar-refractivity contribution is 0.0722. The van der Waals surface area contributed by atoms with Gasteiger partial charge in [0, 0.05) is 38.5 Å². The average Bonchev–Trinajstić information content (AvgIpc) is 3.51. The highest BCUT2D eigenvalue weighted by Crippen LogP contribution is 2.46. The Balaban J connectivity index is 1.33. The molecule has 0 aliphatic carbocycles. The van der Waals surface area contributed by atoms with E-state index in [1.165, 1.54) is 5.56 Å². The summed E-state index contributed by atoms with van der Waals surface area (Å²) in [7, 11) is 0. The number of hydrogen-bond acceptors (Lipinski definition) is 6. The zero-order valence-corrected chi connectivity index (χ0v) is 17.2. The van der Waals surface area contributed by atoms with Gasteiger partial charge in [-0.05, 0) is 36.5 Å². The highest BCUT2D eigenvalue weighted by Gasteiger charge is 2.53. The van der Waals surface area contributed by atoms with E-state index < -0.39 is 0 Å². The third-order valence-corrected chi connectivity index (χ3v) is 6.53. The Labute approximate surface area is 175 Å². The Bertz CT molecular complexity index is 1000. The van der Waals surface area contributed by atoms with E-state index in [1.54, 1.807) is 18.4 Å². The zero-order chi connectivity index (χ0) is 20.6. The number of amides is 1.